The average Bonchev–Trinajstić information content (AvgIpc) is 3.13. The number of aromatic hydroxyl groups is 2. The van der Waals surface area contributed by atoms with Gasteiger partial charge >= 0.3 is 6.18 Å². The van der Waals surface area contributed by atoms with Crippen molar-refractivity contribution in [3.63, 3.8) is 0 Å². The lowest BCUT2D eigenvalue weighted by Gasteiger charge is -2.45. The lowest BCUT2D eigenvalue weighted by atomic mass is 9.94. The van der Waals surface area contributed by atoms with Gasteiger partial charge in [-0.1, -0.05) is 11.6 Å². The standard InChI is InChI=1S/C24H19ClF3N3O3/c1-22-11-30(15-7-4-14(25)5-8-15)12-23(2,34-22)19-18(22)20(32)31(21(19)33)16-6-3-13(10-29)17(9-16)24(26,27)28/h3-9,32-33H,11-12H2,1-2H3. The van der Waals surface area contributed by atoms with Gasteiger partial charge in [0.05, 0.1) is 47.1 Å². The van der Waals surface area contributed by atoms with Gasteiger partial charge < -0.3 is 19.8 Å². The summed E-state index contributed by atoms with van der Waals surface area (Å²) in [5.74, 6) is -0.816. The molecule has 1 saturated heterocycles. The highest BCUT2D eigenvalue weighted by Gasteiger charge is 2.59. The van der Waals surface area contributed by atoms with Gasteiger partial charge in [0.25, 0.3) is 0 Å². The molecule has 2 aliphatic rings. The van der Waals surface area contributed by atoms with Gasteiger partial charge in [0.2, 0.25) is 11.8 Å². The van der Waals surface area contributed by atoms with Gasteiger partial charge in [-0.3, -0.25) is 4.57 Å². The Morgan fingerprint density at radius 2 is 1.50 bits per heavy atom. The van der Waals surface area contributed by atoms with Crippen molar-refractivity contribution < 1.29 is 28.1 Å². The number of anilines is 1. The summed E-state index contributed by atoms with van der Waals surface area (Å²) in [5, 5.41) is 32.0. The Morgan fingerprint density at radius 1 is 0.971 bits per heavy atom. The van der Waals surface area contributed by atoms with Gasteiger partial charge in [-0.05, 0) is 56.3 Å². The minimum Gasteiger partial charge on any atom is -0.494 e. The number of halogens is 4. The lowest BCUT2D eigenvalue weighted by molar-refractivity contribution is -0.139. The summed E-state index contributed by atoms with van der Waals surface area (Å²) in [7, 11) is 0. The molecule has 6 nitrogen and oxygen atoms in total. The SMILES string of the molecule is CC12CN(c3ccc(Cl)cc3)CC(C)(O1)c1c2c(O)n(-c2ccc(C#N)c(C(F)(F)F)c2)c1O. The zero-order chi connectivity index (χ0) is 24.6. The van der Waals surface area contributed by atoms with E-state index in [0.717, 1.165) is 22.4 Å². The minimum atomic E-state index is -4.78. The first kappa shape index (κ1) is 22.4. The number of fused-ring (bicyclic) bond motifs is 5. The molecule has 2 atom stereocenters. The molecule has 2 aliphatic heterocycles. The molecule has 0 amide bonds. The zero-order valence-electron chi connectivity index (χ0n) is 18.1. The fourth-order valence-electron chi connectivity index (χ4n) is 5.24. The Hall–Kier alpha value is -3.35. The summed E-state index contributed by atoms with van der Waals surface area (Å²) in [6, 6.07) is 11.8. The summed E-state index contributed by atoms with van der Waals surface area (Å²) in [4.78, 5) is 2.05. The number of hydrogen-bond donors (Lipinski definition) is 2. The first-order valence-corrected chi connectivity index (χ1v) is 10.8. The maximum Gasteiger partial charge on any atom is 0.417 e. The van der Waals surface area contributed by atoms with Gasteiger partial charge in [-0.15, -0.1) is 0 Å². The van der Waals surface area contributed by atoms with Crippen molar-refractivity contribution in [2.24, 2.45) is 0 Å². The number of benzene rings is 2. The van der Waals surface area contributed by atoms with E-state index in [9.17, 15) is 23.4 Å². The molecule has 0 radical (unpaired) electrons. The average molecular weight is 490 g/mol. The molecule has 2 N–H and O–H groups in total. The topological polar surface area (TPSA) is 81.7 Å². The highest BCUT2D eigenvalue weighted by Crippen LogP contribution is 2.59. The molecular formula is C24H19ClF3N3O3. The Bertz CT molecular complexity index is 1320. The van der Waals surface area contributed by atoms with E-state index in [0.29, 0.717) is 29.2 Å². The van der Waals surface area contributed by atoms with E-state index in [-0.39, 0.29) is 5.69 Å². The van der Waals surface area contributed by atoms with Crippen LogP contribution in [0.3, 0.4) is 0 Å². The summed E-state index contributed by atoms with van der Waals surface area (Å²) in [6.07, 6.45) is -4.78. The molecule has 2 bridgehead atoms. The Balaban J connectivity index is 1.64. The highest BCUT2D eigenvalue weighted by atomic mass is 35.5. The molecule has 3 heterocycles. The van der Waals surface area contributed by atoms with Crippen molar-refractivity contribution in [3.05, 3.63) is 69.7 Å². The number of hydrogen-bond acceptors (Lipinski definition) is 5. The molecule has 34 heavy (non-hydrogen) atoms. The predicted molar refractivity (Wildman–Crippen MR) is 118 cm³/mol. The van der Waals surface area contributed by atoms with Gasteiger partial charge in [-0.25, -0.2) is 0 Å². The number of rotatable bonds is 2. The van der Waals surface area contributed by atoms with Gasteiger partial charge in [-0.2, -0.15) is 18.4 Å². The van der Waals surface area contributed by atoms with Crippen molar-refractivity contribution in [2.75, 3.05) is 18.0 Å². The monoisotopic (exact) mass is 489 g/mol. The molecule has 0 saturated carbocycles. The van der Waals surface area contributed by atoms with Crippen molar-refractivity contribution in [2.45, 2.75) is 31.2 Å². The van der Waals surface area contributed by atoms with Gasteiger partial charge in [0.15, 0.2) is 0 Å². The van der Waals surface area contributed by atoms with Crippen molar-refractivity contribution in [1.82, 2.24) is 4.57 Å². The van der Waals surface area contributed by atoms with Gasteiger partial charge in [0, 0.05) is 10.7 Å². The fourth-order valence-corrected chi connectivity index (χ4v) is 5.36. The van der Waals surface area contributed by atoms with Gasteiger partial charge in [0.1, 0.15) is 11.2 Å². The predicted octanol–water partition coefficient (Wildman–Crippen LogP) is 5.41. The molecule has 0 spiro atoms. The third-order valence-corrected chi connectivity index (χ3v) is 6.75. The minimum absolute atomic E-state index is 0.115. The number of aromatic nitrogens is 1. The molecule has 1 fully saturated rings. The largest absolute Gasteiger partial charge is 0.494 e. The van der Waals surface area contributed by atoms with E-state index >= 15 is 0 Å². The van der Waals surface area contributed by atoms with Crippen LogP contribution in [0.1, 0.15) is 36.1 Å². The molecule has 5 rings (SSSR count). The maximum atomic E-state index is 13.5. The number of nitrogens with zero attached hydrogens (tertiary/aromatic N) is 3. The van der Waals surface area contributed by atoms with Crippen LogP contribution in [0.4, 0.5) is 18.9 Å². The fraction of sp³-hybridized carbons (Fsp3) is 0.292. The van der Waals surface area contributed by atoms with Crippen molar-refractivity contribution in [1.29, 1.82) is 5.26 Å². The summed E-state index contributed by atoms with van der Waals surface area (Å²) < 4.78 is 47.8. The molecule has 10 heteroatoms. The van der Waals surface area contributed by atoms with E-state index in [2.05, 4.69) is 0 Å². The van der Waals surface area contributed by atoms with E-state index in [1.54, 1.807) is 26.0 Å². The Morgan fingerprint density at radius 3 is 2.00 bits per heavy atom. The second-order valence-electron chi connectivity index (χ2n) is 8.97. The van der Waals surface area contributed by atoms with Crippen LogP contribution < -0.4 is 4.90 Å². The number of ether oxygens (including phenoxy) is 1. The number of morpholine rings is 1. The number of alkyl halides is 3. The van der Waals surface area contributed by atoms with Crippen LogP contribution in [0.5, 0.6) is 11.8 Å². The van der Waals surface area contributed by atoms with Crippen LogP contribution in [0.15, 0.2) is 42.5 Å². The lowest BCUT2D eigenvalue weighted by Crippen LogP contribution is -2.51. The van der Waals surface area contributed by atoms with Crippen molar-refractivity contribution in [3.8, 4) is 23.5 Å². The first-order chi connectivity index (χ1) is 15.9. The van der Waals surface area contributed by atoms with Crippen LogP contribution in [-0.4, -0.2) is 27.9 Å². The van der Waals surface area contributed by atoms with Crippen LogP contribution in [0.25, 0.3) is 5.69 Å². The normalized spacial score (nSPS) is 23.6. The van der Waals surface area contributed by atoms with E-state index in [1.165, 1.54) is 12.1 Å². The van der Waals surface area contributed by atoms with Crippen LogP contribution in [0.2, 0.25) is 5.02 Å². The van der Waals surface area contributed by atoms with Crippen LogP contribution in [0, 0.1) is 11.3 Å². The molecule has 3 aromatic rings. The first-order valence-electron chi connectivity index (χ1n) is 10.4. The summed E-state index contributed by atoms with van der Waals surface area (Å²) in [6.45, 7) is 4.19. The third kappa shape index (κ3) is 3.13. The van der Waals surface area contributed by atoms with E-state index < -0.39 is 40.3 Å². The second-order valence-corrected chi connectivity index (χ2v) is 9.40. The smallest absolute Gasteiger partial charge is 0.417 e. The molecule has 0 aliphatic carbocycles. The second kappa shape index (κ2) is 7.08. The zero-order valence-corrected chi connectivity index (χ0v) is 18.9. The number of nitriles is 1. The Kier molecular flexibility index (Phi) is 4.67. The third-order valence-electron chi connectivity index (χ3n) is 6.49. The summed E-state index contributed by atoms with van der Waals surface area (Å²) >= 11 is 6.01. The molecular weight excluding hydrogens is 471 g/mol. The molecule has 176 valence electrons. The molecule has 1 aromatic heterocycles. The molecule has 2 unspecified atom stereocenters. The molecule has 2 aromatic carbocycles. The van der Waals surface area contributed by atoms with E-state index in [1.807, 2.05) is 17.0 Å². The van der Waals surface area contributed by atoms with E-state index in [4.69, 9.17) is 21.6 Å². The highest BCUT2D eigenvalue weighted by molar-refractivity contribution is 6.30. The van der Waals surface area contributed by atoms with Crippen LogP contribution >= 0.6 is 11.6 Å². The van der Waals surface area contributed by atoms with Crippen LogP contribution in [-0.2, 0) is 22.1 Å². The maximum absolute atomic E-state index is 13.5. The Labute approximate surface area is 198 Å². The summed E-state index contributed by atoms with van der Waals surface area (Å²) in [5.41, 5.74) is -2.39. The van der Waals surface area contributed by atoms with Crippen molar-refractivity contribution >= 4 is 17.3 Å². The quantitative estimate of drug-likeness (QED) is 0.503.